The maximum absolute atomic E-state index is 12.6. The van der Waals surface area contributed by atoms with Gasteiger partial charge in [0.25, 0.3) is 5.91 Å². The minimum atomic E-state index is -3.71. The largest absolute Gasteiger partial charge is 0.484 e. The fourth-order valence-corrected chi connectivity index (χ4v) is 3.97. The Morgan fingerprint density at radius 2 is 1.55 bits per heavy atom. The van der Waals surface area contributed by atoms with Gasteiger partial charge in [0.15, 0.2) is 12.4 Å². The minimum absolute atomic E-state index is 0.0734. The van der Waals surface area contributed by atoms with E-state index < -0.39 is 10.0 Å². The third-order valence-corrected chi connectivity index (χ3v) is 6.72. The molecule has 0 aromatic heterocycles. The van der Waals surface area contributed by atoms with E-state index in [-0.39, 0.29) is 42.1 Å². The number of hydrogen-bond donors (Lipinski definition) is 1. The van der Waals surface area contributed by atoms with Crippen molar-refractivity contribution in [1.82, 2.24) is 9.21 Å². The number of ketones is 1. The molecular weight excluding hydrogens is 446 g/mol. The van der Waals surface area contributed by atoms with Gasteiger partial charge in [-0.15, -0.1) is 0 Å². The van der Waals surface area contributed by atoms with Crippen molar-refractivity contribution in [1.29, 1.82) is 0 Å². The Labute approximate surface area is 194 Å². The molecule has 0 unspecified atom stereocenters. The van der Waals surface area contributed by atoms with Crippen molar-refractivity contribution < 1.29 is 27.5 Å². The van der Waals surface area contributed by atoms with Crippen molar-refractivity contribution in [3.8, 4) is 5.75 Å². The van der Waals surface area contributed by atoms with Gasteiger partial charge in [-0.3, -0.25) is 14.4 Å². The summed E-state index contributed by atoms with van der Waals surface area (Å²) in [4.78, 5) is 36.6. The van der Waals surface area contributed by atoms with E-state index in [1.807, 2.05) is 0 Å². The summed E-state index contributed by atoms with van der Waals surface area (Å²) in [7, 11) is 1.03. The van der Waals surface area contributed by atoms with Gasteiger partial charge in [0.2, 0.25) is 15.9 Å². The van der Waals surface area contributed by atoms with E-state index in [9.17, 15) is 22.8 Å². The van der Waals surface area contributed by atoms with Crippen LogP contribution in [0.2, 0.25) is 0 Å². The molecule has 33 heavy (non-hydrogen) atoms. The number of carbonyl (C=O) groups is 3. The average Bonchev–Trinajstić information content (AvgIpc) is 2.78. The van der Waals surface area contributed by atoms with Gasteiger partial charge in [-0.05, 0) is 49.7 Å². The zero-order valence-corrected chi connectivity index (χ0v) is 20.0. The number of nitrogens with zero attached hydrogens (tertiary/aromatic N) is 2. The van der Waals surface area contributed by atoms with Gasteiger partial charge in [0, 0.05) is 45.4 Å². The second-order valence-electron chi connectivity index (χ2n) is 7.66. The van der Waals surface area contributed by atoms with E-state index in [0.29, 0.717) is 23.4 Å². The molecule has 0 heterocycles. The summed E-state index contributed by atoms with van der Waals surface area (Å²) in [6, 6.07) is 12.4. The van der Waals surface area contributed by atoms with Crippen LogP contribution in [0, 0.1) is 0 Å². The molecule has 0 aliphatic carbocycles. The number of likely N-dealkylation sites (N-methyl/N-ethyl adjacent to an activating group) is 1. The number of carbonyl (C=O) groups excluding carboxylic acids is 3. The van der Waals surface area contributed by atoms with Crippen molar-refractivity contribution in [2.45, 2.75) is 24.7 Å². The Balaban J connectivity index is 1.81. The number of nitrogens with one attached hydrogen (secondary N) is 1. The van der Waals surface area contributed by atoms with Crippen molar-refractivity contribution in [3.05, 3.63) is 54.1 Å². The number of hydrogen-bond acceptors (Lipinski definition) is 6. The van der Waals surface area contributed by atoms with Gasteiger partial charge >= 0.3 is 0 Å². The van der Waals surface area contributed by atoms with E-state index in [4.69, 9.17) is 4.74 Å². The Bertz CT molecular complexity index is 1080. The first kappa shape index (κ1) is 26.0. The Morgan fingerprint density at radius 1 is 0.939 bits per heavy atom. The average molecular weight is 476 g/mol. The highest BCUT2D eigenvalue weighted by molar-refractivity contribution is 7.89. The molecule has 0 saturated carbocycles. The molecule has 0 saturated heterocycles. The lowest BCUT2D eigenvalue weighted by Crippen LogP contribution is -2.28. The maximum atomic E-state index is 12.6. The fraction of sp³-hybridized carbons (Fsp3) is 0.348. The van der Waals surface area contributed by atoms with Crippen LogP contribution in [0.5, 0.6) is 5.75 Å². The highest BCUT2D eigenvalue weighted by Crippen LogP contribution is 2.18. The normalized spacial score (nSPS) is 11.2. The van der Waals surface area contributed by atoms with Crippen LogP contribution < -0.4 is 10.1 Å². The monoisotopic (exact) mass is 475 g/mol. The molecular formula is C23H29N3O6S. The van der Waals surface area contributed by atoms with Crippen molar-refractivity contribution in [2.75, 3.05) is 39.6 Å². The number of Topliss-reactive ketones (excluding diaryl/α,β-unsaturated/α-hetero) is 1. The first-order valence-electron chi connectivity index (χ1n) is 10.3. The second-order valence-corrected chi connectivity index (χ2v) is 9.70. The maximum Gasteiger partial charge on any atom is 0.259 e. The van der Waals surface area contributed by atoms with E-state index in [1.54, 1.807) is 38.4 Å². The van der Waals surface area contributed by atoms with E-state index in [0.717, 1.165) is 0 Å². The van der Waals surface area contributed by atoms with Crippen molar-refractivity contribution >= 4 is 33.3 Å². The summed E-state index contributed by atoms with van der Waals surface area (Å²) >= 11 is 0. The van der Waals surface area contributed by atoms with Gasteiger partial charge in [-0.1, -0.05) is 12.1 Å². The number of rotatable bonds is 11. The first-order chi connectivity index (χ1) is 15.5. The lowest BCUT2D eigenvalue weighted by Gasteiger charge is -2.17. The standard InChI is InChI=1S/C23H29N3O6S/c1-17(27)18-7-13-21(14-8-18)33(30,31)26(4)15-5-6-22(28)24-19-9-11-20(12-10-19)32-16-23(29)25(2)3/h7-14H,5-6,15-16H2,1-4H3,(H,24,28). The zero-order chi connectivity index (χ0) is 24.6. The van der Waals surface area contributed by atoms with Gasteiger partial charge in [0.1, 0.15) is 5.75 Å². The SMILES string of the molecule is CC(=O)c1ccc(S(=O)(=O)N(C)CCCC(=O)Nc2ccc(OCC(=O)N(C)C)cc2)cc1. The molecule has 0 radical (unpaired) electrons. The minimum Gasteiger partial charge on any atom is -0.484 e. The molecule has 0 spiro atoms. The predicted octanol–water partition coefficient (Wildman–Crippen LogP) is 2.40. The molecule has 0 aliphatic heterocycles. The van der Waals surface area contributed by atoms with Crippen molar-refractivity contribution in [2.24, 2.45) is 0 Å². The quantitative estimate of drug-likeness (QED) is 0.500. The van der Waals surface area contributed by atoms with Gasteiger partial charge < -0.3 is 15.0 Å². The molecule has 0 bridgehead atoms. The lowest BCUT2D eigenvalue weighted by atomic mass is 10.2. The summed E-state index contributed by atoms with van der Waals surface area (Å²) in [5.74, 6) is -0.0400. The van der Waals surface area contributed by atoms with Gasteiger partial charge in [-0.2, -0.15) is 0 Å². The Hall–Kier alpha value is -3.24. The molecule has 0 fully saturated rings. The van der Waals surface area contributed by atoms with Crippen LogP contribution in [0.1, 0.15) is 30.1 Å². The molecule has 10 heteroatoms. The highest BCUT2D eigenvalue weighted by Gasteiger charge is 2.20. The van der Waals surface area contributed by atoms with Crippen LogP contribution in [0.3, 0.4) is 0 Å². The van der Waals surface area contributed by atoms with Crippen LogP contribution in [-0.2, 0) is 19.6 Å². The molecule has 2 aromatic rings. The van der Waals surface area contributed by atoms with Gasteiger partial charge in [0.05, 0.1) is 4.90 Å². The molecule has 0 aliphatic rings. The van der Waals surface area contributed by atoms with Crippen LogP contribution in [0.4, 0.5) is 5.69 Å². The van der Waals surface area contributed by atoms with Crippen LogP contribution in [0.15, 0.2) is 53.4 Å². The number of amides is 2. The first-order valence-corrected chi connectivity index (χ1v) is 11.7. The molecule has 178 valence electrons. The lowest BCUT2D eigenvalue weighted by molar-refractivity contribution is -0.130. The predicted molar refractivity (Wildman–Crippen MR) is 125 cm³/mol. The molecule has 2 aromatic carbocycles. The van der Waals surface area contributed by atoms with E-state index >= 15 is 0 Å². The van der Waals surface area contributed by atoms with E-state index in [1.165, 1.54) is 47.4 Å². The second kappa shape index (κ2) is 11.6. The van der Waals surface area contributed by atoms with Crippen LogP contribution >= 0.6 is 0 Å². The Kier molecular flexibility index (Phi) is 9.12. The number of sulfonamides is 1. The smallest absolute Gasteiger partial charge is 0.259 e. The molecule has 2 rings (SSSR count). The highest BCUT2D eigenvalue weighted by atomic mass is 32.2. The third-order valence-electron chi connectivity index (χ3n) is 4.85. The summed E-state index contributed by atoms with van der Waals surface area (Å²) < 4.78 is 31.9. The summed E-state index contributed by atoms with van der Waals surface area (Å²) in [6.07, 6.45) is 0.472. The van der Waals surface area contributed by atoms with Crippen LogP contribution in [-0.4, -0.2) is 69.5 Å². The summed E-state index contributed by atoms with van der Waals surface area (Å²) in [6.45, 7) is 1.50. The zero-order valence-electron chi connectivity index (χ0n) is 19.2. The molecule has 1 N–H and O–H groups in total. The van der Waals surface area contributed by atoms with E-state index in [2.05, 4.69) is 5.32 Å². The third kappa shape index (κ3) is 7.69. The summed E-state index contributed by atoms with van der Waals surface area (Å²) in [5, 5.41) is 2.74. The topological polar surface area (TPSA) is 113 Å². The summed E-state index contributed by atoms with van der Waals surface area (Å²) in [5.41, 5.74) is 1.01. The number of anilines is 1. The molecule has 2 amide bonds. The Morgan fingerprint density at radius 3 is 2.09 bits per heavy atom. The number of ether oxygens (including phenoxy) is 1. The number of benzene rings is 2. The molecule has 9 nitrogen and oxygen atoms in total. The van der Waals surface area contributed by atoms with Crippen molar-refractivity contribution in [3.63, 3.8) is 0 Å². The van der Waals surface area contributed by atoms with Crippen LogP contribution in [0.25, 0.3) is 0 Å². The molecule has 0 atom stereocenters. The fourth-order valence-electron chi connectivity index (χ4n) is 2.76. The van der Waals surface area contributed by atoms with Gasteiger partial charge in [-0.25, -0.2) is 12.7 Å².